The fraction of sp³-hybridized carbons (Fsp3) is 0.127. The predicted octanol–water partition coefficient (Wildman–Crippen LogP) is 15.3. The van der Waals surface area contributed by atoms with Crippen LogP contribution in [0.2, 0.25) is 20.1 Å². The summed E-state index contributed by atoms with van der Waals surface area (Å²) < 4.78 is 7.39. The number of nitrogens with zero attached hydrogens (tertiary/aromatic N) is 5. The molecule has 4 aromatic carbocycles. The number of benzene rings is 4. The summed E-state index contributed by atoms with van der Waals surface area (Å²) in [5.41, 5.74) is 9.51. The molecule has 4 N–H and O–H groups in total. The molecule has 13 nitrogen and oxygen atoms in total. The Labute approximate surface area is 467 Å². The summed E-state index contributed by atoms with van der Waals surface area (Å²) in [7, 11) is 0. The molecular weight excluding hydrogens is 1150 g/mol. The lowest BCUT2D eigenvalue weighted by molar-refractivity contribution is 0.0576. The van der Waals surface area contributed by atoms with Crippen molar-refractivity contribution in [2.24, 2.45) is 0 Å². The van der Waals surface area contributed by atoms with Crippen LogP contribution in [0.25, 0.3) is 0 Å². The maximum Gasteiger partial charge on any atom is 0.416 e. The van der Waals surface area contributed by atoms with Gasteiger partial charge in [0.25, 0.3) is 0 Å². The number of carbonyl (C=O) groups excluding carboxylic acids is 4. The third-order valence-corrected chi connectivity index (χ3v) is 11.2. The largest absolute Gasteiger partial charge is 0.443 e. The third kappa shape index (κ3) is 23.9. The fourth-order valence-electron chi connectivity index (χ4n) is 5.53. The molecule has 0 spiro atoms. The van der Waals surface area contributed by atoms with Crippen LogP contribution < -0.4 is 21.3 Å². The number of halogens is 6. The summed E-state index contributed by atoms with van der Waals surface area (Å²) in [4.78, 5) is 61.6. The number of carbonyl (C=O) groups is 4. The van der Waals surface area contributed by atoms with Crippen molar-refractivity contribution in [1.82, 2.24) is 19.9 Å². The first-order chi connectivity index (χ1) is 35.4. The van der Waals surface area contributed by atoms with Crippen LogP contribution in [0, 0.1) is 0 Å². The number of amides is 1. The van der Waals surface area contributed by atoms with Gasteiger partial charge in [-0.25, -0.2) is 24.7 Å². The van der Waals surface area contributed by atoms with E-state index in [0.29, 0.717) is 51.2 Å². The van der Waals surface area contributed by atoms with Gasteiger partial charge < -0.3 is 21.1 Å². The monoisotopic (exact) mass is 1200 g/mol. The summed E-state index contributed by atoms with van der Waals surface area (Å²) >= 11 is 29.6. The Morgan fingerprint density at radius 3 is 1.28 bits per heavy atom. The highest BCUT2D eigenvalue weighted by atomic mass is 79.9. The van der Waals surface area contributed by atoms with Crippen molar-refractivity contribution in [2.75, 3.05) is 21.3 Å². The average Bonchev–Trinajstić information content (AvgIpc) is 3.40. The minimum absolute atomic E-state index is 0.277. The van der Waals surface area contributed by atoms with Crippen LogP contribution >= 0.6 is 78.3 Å². The van der Waals surface area contributed by atoms with Gasteiger partial charge in [0.1, 0.15) is 35.2 Å². The van der Waals surface area contributed by atoms with Crippen molar-refractivity contribution in [3.05, 3.63) is 233 Å². The van der Waals surface area contributed by atoms with E-state index in [4.69, 9.17) is 56.9 Å². The van der Waals surface area contributed by atoms with Crippen LogP contribution in [0.15, 0.2) is 179 Å². The van der Waals surface area contributed by atoms with Crippen molar-refractivity contribution in [1.29, 1.82) is 0 Å². The summed E-state index contributed by atoms with van der Waals surface area (Å²) in [6.45, 7) is 7.09. The number of nitrogens with two attached hydrogens (primary N) is 1. The van der Waals surface area contributed by atoms with Crippen LogP contribution in [-0.4, -0.2) is 50.5 Å². The first-order valence-electron chi connectivity index (χ1n) is 22.1. The maximum absolute atomic E-state index is 12.6. The van der Waals surface area contributed by atoms with E-state index in [2.05, 4.69) is 62.4 Å². The van der Waals surface area contributed by atoms with Crippen LogP contribution in [0.5, 0.6) is 0 Å². The summed E-state index contributed by atoms with van der Waals surface area (Å²) in [6.07, 6.45) is 8.14. The lowest BCUT2D eigenvalue weighted by Crippen LogP contribution is -2.37. The first-order valence-corrected chi connectivity index (χ1v) is 25.2. The second-order valence-corrected chi connectivity index (χ2v) is 19.8. The number of hydrogen-bond donors (Lipinski definition) is 3. The molecule has 0 aliphatic carbocycles. The number of anilines is 4. The van der Waals surface area contributed by atoms with Crippen LogP contribution in [0.1, 0.15) is 68.5 Å². The van der Waals surface area contributed by atoms with Gasteiger partial charge in [0.2, 0.25) is 0 Å². The van der Waals surface area contributed by atoms with E-state index < -0.39 is 11.7 Å². The Bertz CT molecular complexity index is 2870. The number of hydrogen-bond acceptors (Lipinski definition) is 12. The van der Waals surface area contributed by atoms with Gasteiger partial charge in [-0.2, -0.15) is 0 Å². The zero-order valence-corrected chi connectivity index (χ0v) is 46.3. The summed E-state index contributed by atoms with van der Waals surface area (Å²) in [6, 6.07) is 43.5. The van der Waals surface area contributed by atoms with Gasteiger partial charge in [0.15, 0.2) is 12.6 Å². The zero-order valence-electron chi connectivity index (χ0n) is 40.1. The van der Waals surface area contributed by atoms with E-state index in [1.165, 1.54) is 22.9 Å². The number of ether oxygens (including phenoxy) is 1. The zero-order chi connectivity index (χ0) is 53.9. The molecule has 8 aromatic rings. The van der Waals surface area contributed by atoms with Gasteiger partial charge in [0.05, 0.1) is 6.54 Å². The third-order valence-electron chi connectivity index (χ3n) is 9.23. The molecule has 4 heterocycles. The van der Waals surface area contributed by atoms with Gasteiger partial charge in [-0.3, -0.25) is 19.3 Å². The molecule has 0 fully saturated rings. The van der Waals surface area contributed by atoms with Gasteiger partial charge in [-0.1, -0.05) is 94.9 Å². The van der Waals surface area contributed by atoms with Gasteiger partial charge in [0, 0.05) is 83.6 Å². The lowest BCUT2D eigenvalue weighted by Gasteiger charge is -2.27. The lowest BCUT2D eigenvalue weighted by atomic mass is 10.2. The van der Waals surface area contributed by atoms with E-state index >= 15 is 0 Å². The highest BCUT2D eigenvalue weighted by molar-refractivity contribution is 9.10. The number of pyridine rings is 4. The molecule has 0 bridgehead atoms. The SMILES string of the molecule is CC(C)(C)OC(=O)N(Cc1ccc(Cl)cc1)c1ccc(C=O)cn1.Clc1ccc(CNc2ccc(Br)cn2)cc1.Nc1ccc(Br)cn1.O=Cc1ccc(Cl)cc1.O=Cc1ccc(NCc2ccc(Cl)cc2)nc1. The molecule has 0 saturated carbocycles. The number of aromatic nitrogens is 4. The molecule has 0 radical (unpaired) electrons. The van der Waals surface area contributed by atoms with Gasteiger partial charge >= 0.3 is 6.09 Å². The minimum Gasteiger partial charge on any atom is -0.443 e. The van der Waals surface area contributed by atoms with Crippen LogP contribution in [-0.2, 0) is 24.4 Å². The molecule has 8 rings (SSSR count). The van der Waals surface area contributed by atoms with Gasteiger partial charge in [-0.05, 0) is 166 Å². The molecule has 0 aliphatic rings. The molecule has 0 unspecified atom stereocenters. The maximum atomic E-state index is 12.6. The highest BCUT2D eigenvalue weighted by Gasteiger charge is 2.24. The minimum atomic E-state index is -0.627. The van der Waals surface area contributed by atoms with Crippen molar-refractivity contribution in [3.8, 4) is 0 Å². The van der Waals surface area contributed by atoms with E-state index in [-0.39, 0.29) is 6.54 Å². The smallest absolute Gasteiger partial charge is 0.416 e. The predicted molar refractivity (Wildman–Crippen MR) is 306 cm³/mol. The Hall–Kier alpha value is -6.72. The van der Waals surface area contributed by atoms with E-state index in [0.717, 1.165) is 60.9 Å². The van der Waals surface area contributed by atoms with E-state index in [1.807, 2.05) is 78.9 Å². The van der Waals surface area contributed by atoms with Crippen molar-refractivity contribution in [3.63, 3.8) is 0 Å². The molecule has 0 atom stereocenters. The van der Waals surface area contributed by atoms with Crippen molar-refractivity contribution < 1.29 is 23.9 Å². The molecular formula is C55H50Br2Cl4N8O5. The standard InChI is InChI=1S/C18H19ClN2O3.C13H11ClN2O.C12H10BrClN2.C7H5ClO.C5H5BrN2/c1-18(2,3)24-17(23)21(11-13-4-7-15(19)8-5-13)16-9-6-14(12-22)10-20-16;14-12-4-1-10(2-5-12)7-15-13-6-3-11(9-17)8-16-13;13-10-3-6-12(16-8-10)15-7-9-1-4-11(14)5-2-9;8-7-3-1-6(5-9)2-4-7;6-4-1-2-5(7)8-3-4/h4-10,12H,11H2,1-3H3;1-6,8-9H,7H2,(H,15,16);1-6,8H,7H2,(H,15,16);1-5H;1-3H,(H2,7,8). The Balaban J connectivity index is 0.000000211. The van der Waals surface area contributed by atoms with E-state index in [9.17, 15) is 19.2 Å². The molecule has 0 aliphatic heterocycles. The summed E-state index contributed by atoms with van der Waals surface area (Å²) in [5.74, 6) is 2.56. The first kappa shape index (κ1) is 59.8. The Kier molecular flexibility index (Phi) is 25.7. The number of nitrogens with one attached hydrogen (secondary N) is 2. The van der Waals surface area contributed by atoms with Crippen LogP contribution in [0.4, 0.5) is 28.1 Å². The Morgan fingerprint density at radius 2 is 0.919 bits per heavy atom. The Morgan fingerprint density at radius 1 is 0.527 bits per heavy atom. The second-order valence-electron chi connectivity index (χ2n) is 16.2. The molecule has 382 valence electrons. The normalized spacial score (nSPS) is 10.1. The van der Waals surface area contributed by atoms with Crippen LogP contribution in [0.3, 0.4) is 0 Å². The van der Waals surface area contributed by atoms with Crippen molar-refractivity contribution in [2.45, 2.75) is 46.0 Å². The fourth-order valence-corrected chi connectivity index (χ4v) is 6.51. The van der Waals surface area contributed by atoms with Crippen molar-refractivity contribution >= 4 is 126 Å². The number of rotatable bonds is 12. The summed E-state index contributed by atoms with van der Waals surface area (Å²) in [5, 5.41) is 9.15. The topological polar surface area (TPSA) is 182 Å². The molecule has 1 amide bonds. The number of aldehydes is 3. The van der Waals surface area contributed by atoms with Gasteiger partial charge in [-0.15, -0.1) is 0 Å². The highest BCUT2D eigenvalue weighted by Crippen LogP contribution is 2.21. The molecule has 19 heteroatoms. The molecule has 0 saturated heterocycles. The number of nitrogen functional groups attached to an aromatic ring is 1. The quantitative estimate of drug-likeness (QED) is 0.0986. The van der Waals surface area contributed by atoms with E-state index in [1.54, 1.807) is 99.9 Å². The molecule has 4 aromatic heterocycles. The average molecular weight is 1200 g/mol. The second kappa shape index (κ2) is 31.8. The molecule has 74 heavy (non-hydrogen) atoms.